The van der Waals surface area contributed by atoms with Crippen molar-refractivity contribution in [1.29, 1.82) is 0 Å². The van der Waals surface area contributed by atoms with Crippen molar-refractivity contribution < 1.29 is 14.7 Å². The number of hydrogen-bond acceptors (Lipinski definition) is 5. The van der Waals surface area contributed by atoms with Crippen molar-refractivity contribution in [2.45, 2.75) is 6.92 Å². The SMILES string of the molecule is CCOC(=O)C(CN)=NO. The number of rotatable bonds is 3. The van der Waals surface area contributed by atoms with E-state index in [4.69, 9.17) is 10.9 Å². The molecular weight excluding hydrogens is 136 g/mol. The van der Waals surface area contributed by atoms with E-state index < -0.39 is 5.97 Å². The minimum Gasteiger partial charge on any atom is -0.461 e. The Hall–Kier alpha value is -1.10. The first kappa shape index (κ1) is 8.90. The van der Waals surface area contributed by atoms with Crippen LogP contribution < -0.4 is 5.73 Å². The zero-order valence-corrected chi connectivity index (χ0v) is 5.70. The molecule has 0 amide bonds. The summed E-state index contributed by atoms with van der Waals surface area (Å²) in [7, 11) is 0. The lowest BCUT2D eigenvalue weighted by Crippen LogP contribution is -2.25. The molecule has 0 spiro atoms. The fourth-order valence-corrected chi connectivity index (χ4v) is 0.379. The smallest absolute Gasteiger partial charge is 0.357 e. The first-order valence-corrected chi connectivity index (χ1v) is 2.84. The molecule has 0 aromatic heterocycles. The molecule has 5 nitrogen and oxygen atoms in total. The number of oxime groups is 1. The summed E-state index contributed by atoms with van der Waals surface area (Å²) >= 11 is 0. The highest BCUT2D eigenvalue weighted by Gasteiger charge is 2.09. The van der Waals surface area contributed by atoms with E-state index in [1.165, 1.54) is 0 Å². The number of hydrogen-bond donors (Lipinski definition) is 2. The quantitative estimate of drug-likeness (QED) is 0.239. The Morgan fingerprint density at radius 1 is 1.80 bits per heavy atom. The van der Waals surface area contributed by atoms with Crippen LogP contribution in [0.1, 0.15) is 6.92 Å². The van der Waals surface area contributed by atoms with Gasteiger partial charge in [-0.25, -0.2) is 4.79 Å². The fourth-order valence-electron chi connectivity index (χ4n) is 0.379. The Labute approximate surface area is 58.5 Å². The molecule has 0 unspecified atom stereocenters. The van der Waals surface area contributed by atoms with E-state index in [1.54, 1.807) is 6.92 Å². The number of nitrogens with two attached hydrogens (primary N) is 1. The maximum atomic E-state index is 10.6. The van der Waals surface area contributed by atoms with Crippen LogP contribution in [0.15, 0.2) is 5.16 Å². The number of carbonyl (C=O) groups excluding carboxylic acids is 1. The van der Waals surface area contributed by atoms with Gasteiger partial charge in [-0.3, -0.25) is 0 Å². The number of nitrogens with zero attached hydrogens (tertiary/aromatic N) is 1. The molecule has 0 aromatic carbocycles. The summed E-state index contributed by atoms with van der Waals surface area (Å²) in [4.78, 5) is 10.6. The van der Waals surface area contributed by atoms with Gasteiger partial charge in [-0.1, -0.05) is 5.16 Å². The topological polar surface area (TPSA) is 84.9 Å². The van der Waals surface area contributed by atoms with Gasteiger partial charge in [0, 0.05) is 6.54 Å². The average Bonchev–Trinajstić information content (AvgIpc) is 1.91. The van der Waals surface area contributed by atoms with Crippen LogP contribution in [0.4, 0.5) is 0 Å². The minimum absolute atomic E-state index is 0.116. The molecule has 0 atom stereocenters. The minimum atomic E-state index is -0.674. The standard InChI is InChI=1S/C5H10N2O3/c1-2-10-5(8)4(3-6)7-9/h9H,2-3,6H2,1H3. The van der Waals surface area contributed by atoms with Gasteiger partial charge in [0.05, 0.1) is 6.61 Å². The zero-order chi connectivity index (χ0) is 7.98. The van der Waals surface area contributed by atoms with Crippen molar-refractivity contribution in [1.82, 2.24) is 0 Å². The first-order valence-electron chi connectivity index (χ1n) is 2.84. The summed E-state index contributed by atoms with van der Waals surface area (Å²) in [6, 6.07) is 0. The summed E-state index contributed by atoms with van der Waals surface area (Å²) in [5.74, 6) is -0.674. The number of esters is 1. The van der Waals surface area contributed by atoms with Gasteiger partial charge in [-0.2, -0.15) is 0 Å². The molecule has 0 saturated carbocycles. The van der Waals surface area contributed by atoms with Crippen molar-refractivity contribution in [2.24, 2.45) is 10.9 Å². The highest BCUT2D eigenvalue weighted by atomic mass is 16.5. The second kappa shape index (κ2) is 4.75. The summed E-state index contributed by atoms with van der Waals surface area (Å²) in [5.41, 5.74) is 4.86. The summed E-state index contributed by atoms with van der Waals surface area (Å²) in [6.07, 6.45) is 0. The summed E-state index contributed by atoms with van der Waals surface area (Å²) in [6.45, 7) is 1.79. The first-order chi connectivity index (χ1) is 4.76. The molecule has 0 aromatic rings. The largest absolute Gasteiger partial charge is 0.461 e. The number of ether oxygens (including phenoxy) is 1. The molecule has 0 radical (unpaired) electrons. The predicted octanol–water partition coefficient (Wildman–Crippen LogP) is -0.662. The predicted molar refractivity (Wildman–Crippen MR) is 34.9 cm³/mol. The van der Waals surface area contributed by atoms with E-state index in [-0.39, 0.29) is 18.9 Å². The maximum absolute atomic E-state index is 10.6. The third kappa shape index (κ3) is 2.45. The van der Waals surface area contributed by atoms with E-state index in [0.29, 0.717) is 0 Å². The molecule has 0 rings (SSSR count). The molecule has 0 saturated heterocycles. The zero-order valence-electron chi connectivity index (χ0n) is 5.70. The van der Waals surface area contributed by atoms with E-state index >= 15 is 0 Å². The lowest BCUT2D eigenvalue weighted by atomic mass is 10.4. The summed E-state index contributed by atoms with van der Waals surface area (Å²) < 4.78 is 4.48. The van der Waals surface area contributed by atoms with Crippen molar-refractivity contribution >= 4 is 11.7 Å². The second-order valence-corrected chi connectivity index (χ2v) is 1.47. The lowest BCUT2D eigenvalue weighted by Gasteiger charge is -1.99. The van der Waals surface area contributed by atoms with Crippen molar-refractivity contribution in [3.8, 4) is 0 Å². The van der Waals surface area contributed by atoms with Gasteiger partial charge >= 0.3 is 5.97 Å². The van der Waals surface area contributed by atoms with Gasteiger partial charge in [0.2, 0.25) is 0 Å². The van der Waals surface area contributed by atoms with Crippen molar-refractivity contribution in [3.05, 3.63) is 0 Å². The monoisotopic (exact) mass is 146 g/mol. The molecule has 3 N–H and O–H groups in total. The third-order valence-corrected chi connectivity index (χ3v) is 0.825. The summed E-state index contributed by atoms with van der Waals surface area (Å²) in [5, 5.41) is 10.8. The Kier molecular flexibility index (Phi) is 4.23. The highest BCUT2D eigenvalue weighted by molar-refractivity contribution is 6.37. The maximum Gasteiger partial charge on any atom is 0.357 e. The van der Waals surface area contributed by atoms with Crippen LogP contribution in [0, 0.1) is 0 Å². The molecule has 58 valence electrons. The fraction of sp³-hybridized carbons (Fsp3) is 0.600. The van der Waals surface area contributed by atoms with Crippen LogP contribution >= 0.6 is 0 Å². The molecule has 0 fully saturated rings. The molecular formula is C5H10N2O3. The Morgan fingerprint density at radius 3 is 2.70 bits per heavy atom. The van der Waals surface area contributed by atoms with Gasteiger partial charge in [-0.05, 0) is 6.92 Å². The average molecular weight is 146 g/mol. The van der Waals surface area contributed by atoms with E-state index in [9.17, 15) is 4.79 Å². The van der Waals surface area contributed by atoms with Gasteiger partial charge in [0.25, 0.3) is 0 Å². The van der Waals surface area contributed by atoms with Crippen LogP contribution in [-0.2, 0) is 9.53 Å². The molecule has 0 aliphatic heterocycles. The van der Waals surface area contributed by atoms with Crippen molar-refractivity contribution in [2.75, 3.05) is 13.2 Å². The second-order valence-electron chi connectivity index (χ2n) is 1.47. The lowest BCUT2D eigenvalue weighted by molar-refractivity contribution is -0.135. The molecule has 0 bridgehead atoms. The van der Waals surface area contributed by atoms with E-state index in [2.05, 4.69) is 9.89 Å². The van der Waals surface area contributed by atoms with Crippen LogP contribution in [0.5, 0.6) is 0 Å². The van der Waals surface area contributed by atoms with Crippen LogP contribution in [0.25, 0.3) is 0 Å². The van der Waals surface area contributed by atoms with E-state index in [1.807, 2.05) is 0 Å². The van der Waals surface area contributed by atoms with Gasteiger partial charge in [0.1, 0.15) is 0 Å². The normalized spacial score (nSPS) is 11.2. The highest BCUT2D eigenvalue weighted by Crippen LogP contribution is 1.81. The van der Waals surface area contributed by atoms with Crippen LogP contribution in [0.3, 0.4) is 0 Å². The van der Waals surface area contributed by atoms with Gasteiger partial charge < -0.3 is 15.7 Å². The number of carbonyl (C=O) groups is 1. The Bertz CT molecular complexity index is 144. The van der Waals surface area contributed by atoms with Crippen molar-refractivity contribution in [3.63, 3.8) is 0 Å². The molecule has 10 heavy (non-hydrogen) atoms. The van der Waals surface area contributed by atoms with Gasteiger partial charge in [0.15, 0.2) is 5.71 Å². The molecule has 0 aliphatic rings. The Balaban J connectivity index is 3.91. The molecule has 5 heteroatoms. The Morgan fingerprint density at radius 2 is 2.40 bits per heavy atom. The molecule has 0 aliphatic carbocycles. The van der Waals surface area contributed by atoms with E-state index in [0.717, 1.165) is 0 Å². The van der Waals surface area contributed by atoms with Crippen LogP contribution in [-0.4, -0.2) is 30.0 Å². The van der Waals surface area contributed by atoms with Crippen LogP contribution in [0.2, 0.25) is 0 Å². The third-order valence-electron chi connectivity index (χ3n) is 0.825. The molecule has 0 heterocycles. The van der Waals surface area contributed by atoms with Gasteiger partial charge in [-0.15, -0.1) is 0 Å².